The number of H-pyrrole nitrogens is 1. The topological polar surface area (TPSA) is 67.0 Å². The summed E-state index contributed by atoms with van der Waals surface area (Å²) in [5, 5.41) is 2.76. The quantitative estimate of drug-likeness (QED) is 0.859. The van der Waals surface area contributed by atoms with E-state index in [4.69, 9.17) is 4.74 Å². The number of carbonyl (C=O) groups is 1. The van der Waals surface area contributed by atoms with Crippen LogP contribution in [0.1, 0.15) is 16.8 Å². The second kappa shape index (κ2) is 6.04. The number of nitrogens with one attached hydrogen (secondary N) is 2. The van der Waals surface area contributed by atoms with Crippen molar-refractivity contribution < 1.29 is 9.53 Å². The van der Waals surface area contributed by atoms with Crippen molar-refractivity contribution in [2.24, 2.45) is 0 Å². The van der Waals surface area contributed by atoms with Gasteiger partial charge in [0.05, 0.1) is 18.6 Å². The van der Waals surface area contributed by atoms with Gasteiger partial charge in [-0.3, -0.25) is 4.79 Å². The normalized spacial score (nSPS) is 10.2. The molecule has 0 aliphatic rings. The highest BCUT2D eigenvalue weighted by Gasteiger charge is 2.07. The van der Waals surface area contributed by atoms with Gasteiger partial charge in [0.15, 0.2) is 6.61 Å². The number of hydrogen-bond acceptors (Lipinski definition) is 3. The lowest BCUT2D eigenvalue weighted by Crippen LogP contribution is -2.28. The molecule has 0 fully saturated rings. The molecule has 0 saturated carbocycles. The van der Waals surface area contributed by atoms with Gasteiger partial charge in [-0.2, -0.15) is 0 Å². The maximum atomic E-state index is 11.7. The van der Waals surface area contributed by atoms with Gasteiger partial charge in [0.25, 0.3) is 5.91 Å². The van der Waals surface area contributed by atoms with E-state index in [1.807, 2.05) is 32.0 Å². The fourth-order valence-corrected chi connectivity index (χ4v) is 1.79. The van der Waals surface area contributed by atoms with Crippen LogP contribution in [0.25, 0.3) is 0 Å². The molecule has 5 nitrogen and oxygen atoms in total. The van der Waals surface area contributed by atoms with Crippen LogP contribution in [-0.4, -0.2) is 22.5 Å². The van der Waals surface area contributed by atoms with Gasteiger partial charge in [-0.1, -0.05) is 18.2 Å². The number of para-hydroxylation sites is 1. The number of hydrogen-bond donors (Lipinski definition) is 2. The molecule has 1 amide bonds. The van der Waals surface area contributed by atoms with E-state index in [0.717, 1.165) is 22.6 Å². The minimum absolute atomic E-state index is 0.0137. The number of imidazole rings is 1. The Labute approximate surface area is 112 Å². The van der Waals surface area contributed by atoms with E-state index in [1.54, 1.807) is 12.5 Å². The van der Waals surface area contributed by atoms with Crippen LogP contribution < -0.4 is 10.1 Å². The van der Waals surface area contributed by atoms with Crippen molar-refractivity contribution in [3.05, 3.63) is 47.5 Å². The van der Waals surface area contributed by atoms with Crippen molar-refractivity contribution in [3.8, 4) is 5.75 Å². The summed E-state index contributed by atoms with van der Waals surface area (Å²) in [4.78, 5) is 18.5. The standard InChI is InChI=1S/C14H17N3O2/c1-10-4-3-5-11(2)14(10)19-8-13(18)16-7-12-6-15-9-17-12/h3-6,9H,7-8H2,1-2H3,(H,15,17)(H,16,18). The number of aromatic nitrogens is 2. The lowest BCUT2D eigenvalue weighted by Gasteiger charge is -2.11. The van der Waals surface area contributed by atoms with E-state index >= 15 is 0 Å². The fraction of sp³-hybridized carbons (Fsp3) is 0.286. The summed E-state index contributed by atoms with van der Waals surface area (Å²) in [6.45, 7) is 4.37. The molecule has 0 spiro atoms. The summed E-state index contributed by atoms with van der Waals surface area (Å²) >= 11 is 0. The summed E-state index contributed by atoms with van der Waals surface area (Å²) in [5.74, 6) is 0.622. The van der Waals surface area contributed by atoms with E-state index in [-0.39, 0.29) is 12.5 Å². The number of rotatable bonds is 5. The third-order valence-corrected chi connectivity index (χ3v) is 2.79. The molecule has 1 heterocycles. The first-order chi connectivity index (χ1) is 9.16. The van der Waals surface area contributed by atoms with Crippen molar-refractivity contribution in [1.82, 2.24) is 15.3 Å². The smallest absolute Gasteiger partial charge is 0.258 e. The monoisotopic (exact) mass is 259 g/mol. The third-order valence-electron chi connectivity index (χ3n) is 2.79. The molecule has 0 aliphatic heterocycles. The Kier molecular flexibility index (Phi) is 4.18. The van der Waals surface area contributed by atoms with Gasteiger partial charge in [0, 0.05) is 6.20 Å². The highest BCUT2D eigenvalue weighted by atomic mass is 16.5. The van der Waals surface area contributed by atoms with Crippen molar-refractivity contribution in [3.63, 3.8) is 0 Å². The molecule has 0 unspecified atom stereocenters. The van der Waals surface area contributed by atoms with Gasteiger partial charge in [-0.05, 0) is 25.0 Å². The molecule has 2 N–H and O–H groups in total. The second-order valence-electron chi connectivity index (χ2n) is 4.36. The van der Waals surface area contributed by atoms with Gasteiger partial charge < -0.3 is 15.0 Å². The lowest BCUT2D eigenvalue weighted by molar-refractivity contribution is -0.123. The molecular formula is C14H17N3O2. The largest absolute Gasteiger partial charge is 0.483 e. The first kappa shape index (κ1) is 13.1. The molecule has 2 rings (SSSR count). The number of amides is 1. The van der Waals surface area contributed by atoms with Gasteiger partial charge in [-0.25, -0.2) is 4.98 Å². The second-order valence-corrected chi connectivity index (χ2v) is 4.36. The van der Waals surface area contributed by atoms with Crippen LogP contribution in [0.4, 0.5) is 0 Å². The molecule has 2 aromatic rings. The molecule has 5 heteroatoms. The maximum absolute atomic E-state index is 11.7. The van der Waals surface area contributed by atoms with Crippen molar-refractivity contribution in [1.29, 1.82) is 0 Å². The van der Waals surface area contributed by atoms with Crippen molar-refractivity contribution in [2.75, 3.05) is 6.61 Å². The average molecular weight is 259 g/mol. The first-order valence-electron chi connectivity index (χ1n) is 6.10. The number of ether oxygens (including phenoxy) is 1. The Hall–Kier alpha value is -2.30. The van der Waals surface area contributed by atoms with Crippen molar-refractivity contribution in [2.45, 2.75) is 20.4 Å². The van der Waals surface area contributed by atoms with E-state index in [2.05, 4.69) is 15.3 Å². The van der Waals surface area contributed by atoms with Crippen LogP contribution in [0.3, 0.4) is 0 Å². The van der Waals surface area contributed by atoms with Crippen molar-refractivity contribution >= 4 is 5.91 Å². The van der Waals surface area contributed by atoms with Gasteiger partial charge in [-0.15, -0.1) is 0 Å². The van der Waals surface area contributed by atoms with Crippen LogP contribution in [0, 0.1) is 13.8 Å². The molecule has 0 radical (unpaired) electrons. The Morgan fingerprint density at radius 2 is 2.11 bits per heavy atom. The number of aromatic amines is 1. The zero-order valence-electron chi connectivity index (χ0n) is 11.1. The van der Waals surface area contributed by atoms with E-state index in [1.165, 1.54) is 0 Å². The van der Waals surface area contributed by atoms with Crippen LogP contribution in [0.15, 0.2) is 30.7 Å². The summed E-state index contributed by atoms with van der Waals surface area (Å²) < 4.78 is 5.56. The maximum Gasteiger partial charge on any atom is 0.258 e. The molecule has 0 saturated heterocycles. The summed E-state index contributed by atoms with van der Waals surface area (Å²) in [7, 11) is 0. The highest BCUT2D eigenvalue weighted by Crippen LogP contribution is 2.21. The van der Waals surface area contributed by atoms with E-state index < -0.39 is 0 Å². The number of nitrogens with zero attached hydrogens (tertiary/aromatic N) is 1. The summed E-state index contributed by atoms with van der Waals surface area (Å²) in [5.41, 5.74) is 2.92. The minimum atomic E-state index is -0.155. The average Bonchev–Trinajstić information content (AvgIpc) is 2.89. The predicted octanol–water partition coefficient (Wildman–Crippen LogP) is 1.72. The molecular weight excluding hydrogens is 242 g/mol. The Morgan fingerprint density at radius 3 is 2.74 bits per heavy atom. The number of benzene rings is 1. The Morgan fingerprint density at radius 1 is 1.37 bits per heavy atom. The Balaban J connectivity index is 1.83. The molecule has 1 aromatic heterocycles. The molecule has 1 aromatic carbocycles. The van der Waals surface area contributed by atoms with E-state index in [0.29, 0.717) is 6.54 Å². The third kappa shape index (κ3) is 3.58. The van der Waals surface area contributed by atoms with Gasteiger partial charge in [0.1, 0.15) is 5.75 Å². The summed E-state index contributed by atoms with van der Waals surface area (Å²) in [6.07, 6.45) is 3.25. The van der Waals surface area contributed by atoms with Gasteiger partial charge >= 0.3 is 0 Å². The Bertz CT molecular complexity index is 530. The molecule has 0 bridgehead atoms. The highest BCUT2D eigenvalue weighted by molar-refractivity contribution is 5.77. The van der Waals surface area contributed by atoms with Crippen LogP contribution >= 0.6 is 0 Å². The molecule has 100 valence electrons. The molecule has 0 aliphatic carbocycles. The van der Waals surface area contributed by atoms with E-state index in [9.17, 15) is 4.79 Å². The molecule has 0 atom stereocenters. The minimum Gasteiger partial charge on any atom is -0.483 e. The lowest BCUT2D eigenvalue weighted by atomic mass is 10.1. The SMILES string of the molecule is Cc1cccc(C)c1OCC(=O)NCc1cnc[nH]1. The van der Waals surface area contributed by atoms with Crippen LogP contribution in [0.2, 0.25) is 0 Å². The first-order valence-corrected chi connectivity index (χ1v) is 6.10. The number of aryl methyl sites for hydroxylation is 2. The zero-order chi connectivity index (χ0) is 13.7. The van der Waals surface area contributed by atoms with Crippen LogP contribution in [-0.2, 0) is 11.3 Å². The zero-order valence-corrected chi connectivity index (χ0v) is 11.1. The summed E-state index contributed by atoms with van der Waals surface area (Å²) in [6, 6.07) is 5.89. The van der Waals surface area contributed by atoms with Gasteiger partial charge in [0.2, 0.25) is 0 Å². The predicted molar refractivity (Wildman–Crippen MR) is 71.8 cm³/mol. The molecule has 19 heavy (non-hydrogen) atoms. The number of carbonyl (C=O) groups excluding carboxylic acids is 1. The van der Waals surface area contributed by atoms with Crippen LogP contribution in [0.5, 0.6) is 5.75 Å². The fourth-order valence-electron chi connectivity index (χ4n) is 1.79.